The maximum atomic E-state index is 12.0. The molecule has 4 rings (SSSR count). The van der Waals surface area contributed by atoms with Gasteiger partial charge in [0.05, 0.1) is 6.20 Å². The second-order valence-corrected chi connectivity index (χ2v) is 7.06. The van der Waals surface area contributed by atoms with Crippen LogP contribution >= 0.6 is 11.6 Å². The number of hydrogen-bond donors (Lipinski definition) is 2. The van der Waals surface area contributed by atoms with Crippen molar-refractivity contribution >= 4 is 46.3 Å². The van der Waals surface area contributed by atoms with Crippen molar-refractivity contribution in [3.05, 3.63) is 65.3 Å². The van der Waals surface area contributed by atoms with Crippen molar-refractivity contribution in [3.8, 4) is 0 Å². The van der Waals surface area contributed by atoms with Crippen molar-refractivity contribution in [1.29, 1.82) is 0 Å². The lowest BCUT2D eigenvalue weighted by atomic mass is 10.1. The number of para-hydroxylation sites is 1. The molecule has 0 fully saturated rings. The highest BCUT2D eigenvalue weighted by Crippen LogP contribution is 2.30. The van der Waals surface area contributed by atoms with Crippen LogP contribution in [0.25, 0.3) is 0 Å². The molecule has 7 heteroatoms. The van der Waals surface area contributed by atoms with Gasteiger partial charge in [-0.05, 0) is 48.7 Å². The van der Waals surface area contributed by atoms with Crippen LogP contribution in [0, 0.1) is 0 Å². The summed E-state index contributed by atoms with van der Waals surface area (Å²) >= 11 is 6.24. The summed E-state index contributed by atoms with van der Waals surface area (Å²) in [6, 6.07) is 15.6. The molecule has 0 unspecified atom stereocenters. The standard InChI is InChI=1S/C21H20ClN5O/c1-27-18-11-10-16(12-14(18)6-5-9-19(27)28)25-21-23-13-17(22)20(26-21)24-15-7-3-2-4-8-15/h2-4,7-8,10-13H,5-6,9H2,1H3,(H2,23,24,25,26). The first-order valence-electron chi connectivity index (χ1n) is 9.11. The van der Waals surface area contributed by atoms with Gasteiger partial charge in [0, 0.05) is 30.5 Å². The van der Waals surface area contributed by atoms with Gasteiger partial charge in [-0.25, -0.2) is 4.98 Å². The van der Waals surface area contributed by atoms with Gasteiger partial charge in [0.1, 0.15) is 5.02 Å². The second kappa shape index (κ2) is 7.86. The summed E-state index contributed by atoms with van der Waals surface area (Å²) in [6.45, 7) is 0. The molecule has 2 N–H and O–H groups in total. The van der Waals surface area contributed by atoms with Gasteiger partial charge in [0.2, 0.25) is 11.9 Å². The fourth-order valence-electron chi connectivity index (χ4n) is 3.23. The predicted octanol–water partition coefficient (Wildman–Crippen LogP) is 4.92. The molecule has 0 spiro atoms. The fourth-order valence-corrected chi connectivity index (χ4v) is 3.36. The molecule has 1 aromatic heterocycles. The number of anilines is 5. The first kappa shape index (κ1) is 18.3. The number of amides is 1. The zero-order chi connectivity index (χ0) is 19.5. The third-order valence-electron chi connectivity index (χ3n) is 4.69. The summed E-state index contributed by atoms with van der Waals surface area (Å²) < 4.78 is 0. The number of rotatable bonds is 4. The number of fused-ring (bicyclic) bond motifs is 1. The van der Waals surface area contributed by atoms with E-state index in [1.165, 1.54) is 0 Å². The number of aromatic nitrogens is 2. The highest BCUT2D eigenvalue weighted by molar-refractivity contribution is 6.32. The van der Waals surface area contributed by atoms with Crippen molar-refractivity contribution in [2.24, 2.45) is 0 Å². The van der Waals surface area contributed by atoms with Crippen LogP contribution in [0.15, 0.2) is 54.7 Å². The summed E-state index contributed by atoms with van der Waals surface area (Å²) in [5, 5.41) is 6.87. The predicted molar refractivity (Wildman–Crippen MR) is 113 cm³/mol. The van der Waals surface area contributed by atoms with Crippen LogP contribution in [0.1, 0.15) is 18.4 Å². The molecule has 6 nitrogen and oxygen atoms in total. The molecule has 1 aliphatic heterocycles. The number of hydrogen-bond acceptors (Lipinski definition) is 5. The average Bonchev–Trinajstić information content (AvgIpc) is 2.84. The number of carbonyl (C=O) groups excluding carboxylic acids is 1. The number of benzene rings is 2. The molecule has 0 aliphatic carbocycles. The van der Waals surface area contributed by atoms with E-state index < -0.39 is 0 Å². The number of aryl methyl sites for hydroxylation is 1. The van der Waals surface area contributed by atoms with E-state index in [4.69, 9.17) is 11.6 Å². The molecular formula is C21H20ClN5O. The Morgan fingerprint density at radius 3 is 2.68 bits per heavy atom. The van der Waals surface area contributed by atoms with Crippen LogP contribution < -0.4 is 15.5 Å². The van der Waals surface area contributed by atoms with Crippen LogP contribution in [-0.4, -0.2) is 22.9 Å². The minimum Gasteiger partial charge on any atom is -0.339 e. The van der Waals surface area contributed by atoms with Gasteiger partial charge >= 0.3 is 0 Å². The summed E-state index contributed by atoms with van der Waals surface area (Å²) in [5.41, 5.74) is 3.85. The highest BCUT2D eigenvalue weighted by atomic mass is 35.5. The van der Waals surface area contributed by atoms with Crippen LogP contribution in [0.2, 0.25) is 5.02 Å². The fraction of sp³-hybridized carbons (Fsp3) is 0.190. The summed E-state index contributed by atoms with van der Waals surface area (Å²) in [7, 11) is 1.82. The molecule has 0 radical (unpaired) electrons. The Balaban J connectivity index is 1.57. The van der Waals surface area contributed by atoms with E-state index in [9.17, 15) is 4.79 Å². The molecule has 28 heavy (non-hydrogen) atoms. The minimum absolute atomic E-state index is 0.150. The van der Waals surface area contributed by atoms with E-state index in [1.54, 1.807) is 11.1 Å². The molecule has 0 bridgehead atoms. The number of halogens is 1. The van der Waals surface area contributed by atoms with Crippen molar-refractivity contribution in [3.63, 3.8) is 0 Å². The average molecular weight is 394 g/mol. The van der Waals surface area contributed by atoms with Crippen molar-refractivity contribution < 1.29 is 4.79 Å². The molecule has 2 heterocycles. The zero-order valence-corrected chi connectivity index (χ0v) is 16.2. The van der Waals surface area contributed by atoms with Crippen molar-refractivity contribution in [2.75, 3.05) is 22.6 Å². The van der Waals surface area contributed by atoms with Gasteiger partial charge in [0.15, 0.2) is 5.82 Å². The number of nitrogens with one attached hydrogen (secondary N) is 2. The Kier molecular flexibility index (Phi) is 5.12. The summed E-state index contributed by atoms with van der Waals surface area (Å²) in [4.78, 5) is 22.5. The Hall–Kier alpha value is -3.12. The topological polar surface area (TPSA) is 70.2 Å². The molecule has 1 amide bonds. The lowest BCUT2D eigenvalue weighted by Crippen LogP contribution is -2.24. The maximum absolute atomic E-state index is 12.0. The summed E-state index contributed by atoms with van der Waals surface area (Å²) in [6.07, 6.45) is 3.85. The molecule has 3 aromatic rings. The Morgan fingerprint density at radius 2 is 1.86 bits per heavy atom. The first-order chi connectivity index (χ1) is 13.6. The van der Waals surface area contributed by atoms with E-state index in [1.807, 2.05) is 55.6 Å². The van der Waals surface area contributed by atoms with Gasteiger partial charge < -0.3 is 15.5 Å². The number of carbonyl (C=O) groups is 1. The Morgan fingerprint density at radius 1 is 1.04 bits per heavy atom. The van der Waals surface area contributed by atoms with E-state index in [0.29, 0.717) is 23.2 Å². The zero-order valence-electron chi connectivity index (χ0n) is 15.4. The van der Waals surface area contributed by atoms with Gasteiger partial charge in [0.25, 0.3) is 0 Å². The van der Waals surface area contributed by atoms with Gasteiger partial charge in [-0.1, -0.05) is 29.8 Å². The Bertz CT molecular complexity index is 1010. The largest absolute Gasteiger partial charge is 0.339 e. The van der Waals surface area contributed by atoms with Crippen molar-refractivity contribution in [2.45, 2.75) is 19.3 Å². The minimum atomic E-state index is 0.150. The van der Waals surface area contributed by atoms with E-state index in [-0.39, 0.29) is 5.91 Å². The molecule has 0 atom stereocenters. The molecule has 0 saturated carbocycles. The monoisotopic (exact) mass is 393 g/mol. The third kappa shape index (κ3) is 3.92. The van der Waals surface area contributed by atoms with Crippen LogP contribution in [-0.2, 0) is 11.2 Å². The molecular weight excluding hydrogens is 374 g/mol. The molecule has 2 aromatic carbocycles. The number of nitrogens with zero attached hydrogens (tertiary/aromatic N) is 3. The smallest absolute Gasteiger partial charge is 0.229 e. The second-order valence-electron chi connectivity index (χ2n) is 6.66. The third-order valence-corrected chi connectivity index (χ3v) is 4.97. The van der Waals surface area contributed by atoms with E-state index in [0.717, 1.165) is 35.5 Å². The van der Waals surface area contributed by atoms with E-state index in [2.05, 4.69) is 20.6 Å². The van der Waals surface area contributed by atoms with Crippen LogP contribution in [0.3, 0.4) is 0 Å². The normalized spacial score (nSPS) is 13.6. The van der Waals surface area contributed by atoms with Gasteiger partial charge in [-0.3, -0.25) is 4.79 Å². The van der Waals surface area contributed by atoms with Gasteiger partial charge in [-0.15, -0.1) is 0 Å². The maximum Gasteiger partial charge on any atom is 0.229 e. The first-order valence-corrected chi connectivity index (χ1v) is 9.49. The lowest BCUT2D eigenvalue weighted by molar-refractivity contribution is -0.118. The molecule has 1 aliphatic rings. The molecule has 142 valence electrons. The summed E-state index contributed by atoms with van der Waals surface area (Å²) in [5.74, 6) is 1.13. The van der Waals surface area contributed by atoms with Crippen LogP contribution in [0.4, 0.5) is 28.8 Å². The lowest BCUT2D eigenvalue weighted by Gasteiger charge is -2.18. The Labute approximate surface area is 168 Å². The van der Waals surface area contributed by atoms with Crippen molar-refractivity contribution in [1.82, 2.24) is 9.97 Å². The van der Waals surface area contributed by atoms with Gasteiger partial charge in [-0.2, -0.15) is 4.98 Å². The SMILES string of the molecule is CN1C(=O)CCCc2cc(Nc3ncc(Cl)c(Nc4ccccc4)n3)ccc21. The molecule has 0 saturated heterocycles. The highest BCUT2D eigenvalue weighted by Gasteiger charge is 2.19. The van der Waals surface area contributed by atoms with Crippen LogP contribution in [0.5, 0.6) is 0 Å². The quantitative estimate of drug-likeness (QED) is 0.658. The van der Waals surface area contributed by atoms with E-state index >= 15 is 0 Å².